The predicted molar refractivity (Wildman–Crippen MR) is 231 cm³/mol. The number of fused-ring (bicyclic) bond motifs is 1. The fourth-order valence-electron chi connectivity index (χ4n) is 7.37. The number of alkyl carbamates (subject to hydrolysis) is 2. The van der Waals surface area contributed by atoms with Crippen LogP contribution in [-0.2, 0) is 41.6 Å². The van der Waals surface area contributed by atoms with Gasteiger partial charge in [0.05, 0.1) is 70.8 Å². The second-order valence-corrected chi connectivity index (χ2v) is 15.0. The number of nitrogens with zero attached hydrogens (tertiary/aromatic N) is 4. The summed E-state index contributed by atoms with van der Waals surface area (Å²) < 4.78 is 21.2. The molecule has 0 saturated carbocycles. The summed E-state index contributed by atoms with van der Waals surface area (Å²) in [4.78, 5) is 69.9. The van der Waals surface area contributed by atoms with E-state index in [2.05, 4.69) is 77.8 Å². The molecule has 7 rings (SSSR count). The molecular weight excluding hydrogens is 793 g/mol. The third kappa shape index (κ3) is 10.5. The maximum atomic E-state index is 14.2. The summed E-state index contributed by atoms with van der Waals surface area (Å²) in [5.41, 5.74) is 6.18. The first-order valence-electron chi connectivity index (χ1n) is 20.3. The molecule has 62 heavy (non-hydrogen) atoms. The van der Waals surface area contributed by atoms with Crippen LogP contribution in [0, 0.1) is 0 Å². The summed E-state index contributed by atoms with van der Waals surface area (Å²) in [7, 11) is 2.51. The Balaban J connectivity index is 1.03. The quantitative estimate of drug-likeness (QED) is 0.0829. The Labute approximate surface area is 358 Å². The number of ether oxygens (including phenoxy) is 4. The lowest BCUT2D eigenvalue weighted by atomic mass is 9.98. The van der Waals surface area contributed by atoms with Gasteiger partial charge in [-0.2, -0.15) is 0 Å². The molecule has 2 aromatic heterocycles. The lowest BCUT2D eigenvalue weighted by Crippen LogP contribution is -2.49. The molecule has 0 aliphatic carbocycles. The molecule has 0 radical (unpaired) electrons. The van der Waals surface area contributed by atoms with E-state index >= 15 is 0 Å². The monoisotopic (exact) mass is 842 g/mol. The summed E-state index contributed by atoms with van der Waals surface area (Å²) in [5, 5.41) is 7.26. The highest BCUT2D eigenvalue weighted by Gasteiger charge is 2.38. The number of rotatable bonds is 16. The molecule has 322 valence electrons. The molecule has 1 unspecified atom stereocenters. The minimum atomic E-state index is -1.03. The Kier molecular flexibility index (Phi) is 13.6. The summed E-state index contributed by atoms with van der Waals surface area (Å²) in [6.07, 6.45) is 2.87. The first-order valence-corrected chi connectivity index (χ1v) is 20.3. The lowest BCUT2D eigenvalue weighted by Gasteiger charge is -2.33. The fourth-order valence-corrected chi connectivity index (χ4v) is 7.37. The average molecular weight is 843 g/mol. The van der Waals surface area contributed by atoms with E-state index in [-0.39, 0.29) is 38.0 Å². The molecule has 1 fully saturated rings. The van der Waals surface area contributed by atoms with Crippen LogP contribution in [-0.4, -0.2) is 107 Å². The standard InChI is InChI=1S/C46H50N8O8/c1-5-19-53(41(55)26-49-44(57)59-3)27-39-48-25-38(51-39)36-18-17-34-22-33(15-16-35(34)23-36)30-11-13-31(14-12-30)37-24-47-40(50-37)28-54(29-46(2)61-20-21-62-46)43(56)42(52-45(58)60-4)32-9-7-6-8-10-32/h6-18,22-25,42H,5,19-21,26-29H2,1-4H3,(H,47,50)(H,48,51)(H,49,57)(H,52,58). The topological polar surface area (TPSA) is 193 Å². The second kappa shape index (κ2) is 19.6. The van der Waals surface area contributed by atoms with Crippen LogP contribution in [0.25, 0.3) is 44.4 Å². The fraction of sp³-hybridized carbons (Fsp3) is 0.304. The Hall–Kier alpha value is -7.04. The van der Waals surface area contributed by atoms with Crippen molar-refractivity contribution in [2.45, 2.75) is 45.2 Å². The zero-order valence-electron chi connectivity index (χ0n) is 35.1. The van der Waals surface area contributed by atoms with E-state index in [1.165, 1.54) is 14.2 Å². The number of carbonyl (C=O) groups excluding carboxylic acids is 4. The van der Waals surface area contributed by atoms with Crippen molar-refractivity contribution in [3.05, 3.63) is 121 Å². The van der Waals surface area contributed by atoms with Gasteiger partial charge in [0.25, 0.3) is 5.91 Å². The number of carbonyl (C=O) groups is 4. The van der Waals surface area contributed by atoms with Gasteiger partial charge in [0.15, 0.2) is 5.79 Å². The van der Waals surface area contributed by atoms with E-state index in [9.17, 15) is 19.2 Å². The number of aromatic amines is 2. The molecular formula is C46H50N8O8. The Morgan fingerprint density at radius 1 is 0.742 bits per heavy atom. The van der Waals surface area contributed by atoms with Crippen molar-refractivity contribution in [2.24, 2.45) is 0 Å². The molecule has 1 aliphatic heterocycles. The number of hydrogen-bond acceptors (Lipinski definition) is 10. The van der Waals surface area contributed by atoms with Crippen molar-refractivity contribution >= 4 is 34.8 Å². The van der Waals surface area contributed by atoms with Gasteiger partial charge in [-0.1, -0.05) is 85.8 Å². The molecule has 0 spiro atoms. The smallest absolute Gasteiger partial charge is 0.407 e. The molecule has 4 N–H and O–H groups in total. The molecule has 1 aliphatic rings. The third-order valence-corrected chi connectivity index (χ3v) is 10.5. The van der Waals surface area contributed by atoms with E-state index in [1.54, 1.807) is 53.4 Å². The normalized spacial score (nSPS) is 13.6. The van der Waals surface area contributed by atoms with Gasteiger partial charge in [0.1, 0.15) is 24.2 Å². The highest BCUT2D eigenvalue weighted by atomic mass is 16.7. The lowest BCUT2D eigenvalue weighted by molar-refractivity contribution is -0.168. The molecule has 6 aromatic rings. The van der Waals surface area contributed by atoms with Gasteiger partial charge in [-0.25, -0.2) is 19.6 Å². The van der Waals surface area contributed by atoms with Crippen LogP contribution in [0.5, 0.6) is 0 Å². The second-order valence-electron chi connectivity index (χ2n) is 15.0. The predicted octanol–water partition coefficient (Wildman–Crippen LogP) is 6.57. The van der Waals surface area contributed by atoms with Crippen LogP contribution in [0.3, 0.4) is 0 Å². The Morgan fingerprint density at radius 2 is 1.31 bits per heavy atom. The molecule has 1 saturated heterocycles. The summed E-state index contributed by atoms with van der Waals surface area (Å²) in [5.74, 6) is -0.447. The summed E-state index contributed by atoms with van der Waals surface area (Å²) >= 11 is 0. The van der Waals surface area contributed by atoms with E-state index in [0.717, 1.165) is 50.8 Å². The van der Waals surface area contributed by atoms with E-state index < -0.39 is 24.0 Å². The van der Waals surface area contributed by atoms with E-state index in [1.807, 2.05) is 31.2 Å². The van der Waals surface area contributed by atoms with Gasteiger partial charge >= 0.3 is 12.2 Å². The summed E-state index contributed by atoms with van der Waals surface area (Å²) in [6.45, 7) is 5.43. The molecule has 4 amide bonds. The maximum Gasteiger partial charge on any atom is 0.407 e. The number of H-pyrrole nitrogens is 2. The minimum Gasteiger partial charge on any atom is -0.453 e. The van der Waals surface area contributed by atoms with Crippen LogP contribution in [0.1, 0.15) is 43.5 Å². The van der Waals surface area contributed by atoms with Crippen molar-refractivity contribution in [3.63, 3.8) is 0 Å². The zero-order chi connectivity index (χ0) is 43.6. The van der Waals surface area contributed by atoms with Gasteiger partial charge in [0.2, 0.25) is 5.91 Å². The van der Waals surface area contributed by atoms with Crippen molar-refractivity contribution in [2.75, 3.05) is 47.1 Å². The van der Waals surface area contributed by atoms with E-state index in [4.69, 9.17) is 14.2 Å². The van der Waals surface area contributed by atoms with Crippen molar-refractivity contribution in [3.8, 4) is 33.6 Å². The van der Waals surface area contributed by atoms with Crippen molar-refractivity contribution in [1.82, 2.24) is 40.4 Å². The number of aromatic nitrogens is 4. The average Bonchev–Trinajstić information content (AvgIpc) is 4.08. The number of nitrogens with one attached hydrogen (secondary N) is 4. The van der Waals surface area contributed by atoms with Gasteiger partial charge in [-0.15, -0.1) is 0 Å². The van der Waals surface area contributed by atoms with Gasteiger partial charge < -0.3 is 49.3 Å². The molecule has 3 heterocycles. The molecule has 16 nitrogen and oxygen atoms in total. The molecule has 1 atom stereocenters. The molecule has 4 aromatic carbocycles. The SMILES string of the molecule is CCCN(Cc1ncc(-c2ccc3cc(-c4ccc(-c5cnc(CN(CC6(C)OCCO6)C(=O)C(NC(=O)OC)c6ccccc6)[nH]5)cc4)ccc3c2)[nH]1)C(=O)CNC(=O)OC. The van der Waals surface area contributed by atoms with Gasteiger partial charge in [-0.05, 0) is 58.5 Å². The van der Waals surface area contributed by atoms with Gasteiger partial charge in [0, 0.05) is 12.1 Å². The van der Waals surface area contributed by atoms with Crippen molar-refractivity contribution < 1.29 is 38.1 Å². The van der Waals surface area contributed by atoms with Gasteiger partial charge in [-0.3, -0.25) is 9.59 Å². The maximum absolute atomic E-state index is 14.2. The number of benzene rings is 4. The first-order chi connectivity index (χ1) is 30.0. The minimum absolute atomic E-state index is 0.0984. The van der Waals surface area contributed by atoms with Crippen molar-refractivity contribution in [1.29, 1.82) is 0 Å². The number of methoxy groups -OCH3 is 2. The summed E-state index contributed by atoms with van der Waals surface area (Å²) in [6, 6.07) is 28.7. The van der Waals surface area contributed by atoms with Crippen LogP contribution in [0.15, 0.2) is 103 Å². The van der Waals surface area contributed by atoms with Crippen LogP contribution < -0.4 is 10.6 Å². The largest absolute Gasteiger partial charge is 0.453 e. The van der Waals surface area contributed by atoms with Crippen LogP contribution in [0.4, 0.5) is 9.59 Å². The van der Waals surface area contributed by atoms with Crippen LogP contribution >= 0.6 is 0 Å². The Morgan fingerprint density at radius 3 is 1.94 bits per heavy atom. The zero-order valence-corrected chi connectivity index (χ0v) is 35.1. The molecule has 0 bridgehead atoms. The number of imidazole rings is 2. The number of amides is 4. The first kappa shape index (κ1) is 43.1. The Bertz CT molecular complexity index is 2500. The van der Waals surface area contributed by atoms with Crippen LogP contribution in [0.2, 0.25) is 0 Å². The number of hydrogen-bond donors (Lipinski definition) is 4. The highest BCUT2D eigenvalue weighted by Crippen LogP contribution is 2.30. The third-order valence-electron chi connectivity index (χ3n) is 10.5. The van der Waals surface area contributed by atoms with E-state index in [0.29, 0.717) is 37.0 Å². The highest BCUT2D eigenvalue weighted by molar-refractivity contribution is 5.91. The molecule has 16 heteroatoms.